The summed E-state index contributed by atoms with van der Waals surface area (Å²) in [5.74, 6) is 1.23. The molecule has 1 aromatic heterocycles. The Labute approximate surface area is 123 Å². The van der Waals surface area contributed by atoms with Crippen LogP contribution in [-0.2, 0) is 24.2 Å². The average molecular weight is 279 g/mol. The molecule has 3 rings (SSSR count). The smallest absolute Gasteiger partial charge is 0.123 e. The molecule has 1 saturated heterocycles. The van der Waals surface area contributed by atoms with E-state index in [1.54, 1.807) is 0 Å². The molecule has 0 bridgehead atoms. The zero-order chi connectivity index (χ0) is 14.6. The molecule has 0 spiro atoms. The van der Waals surface area contributed by atoms with Crippen LogP contribution >= 0.6 is 0 Å². The molecule has 20 heavy (non-hydrogen) atoms. The molecule has 1 aromatic rings. The highest BCUT2D eigenvalue weighted by Crippen LogP contribution is 2.28. The molecule has 0 amide bonds. The van der Waals surface area contributed by atoms with E-state index in [4.69, 9.17) is 4.74 Å². The number of aromatic nitrogens is 2. The Balaban J connectivity index is 0.000000452. The molecule has 2 aliphatic heterocycles. The van der Waals surface area contributed by atoms with Crippen molar-refractivity contribution in [2.45, 2.75) is 53.6 Å². The first-order valence-electron chi connectivity index (χ1n) is 7.95. The van der Waals surface area contributed by atoms with Crippen molar-refractivity contribution in [2.24, 2.45) is 5.41 Å². The molecule has 4 heteroatoms. The third-order valence-electron chi connectivity index (χ3n) is 3.80. The van der Waals surface area contributed by atoms with Crippen LogP contribution in [-0.4, -0.2) is 40.8 Å². The van der Waals surface area contributed by atoms with Crippen molar-refractivity contribution >= 4 is 0 Å². The largest absolute Gasteiger partial charge is 0.380 e. The maximum Gasteiger partial charge on any atom is 0.123 e. The predicted molar refractivity (Wildman–Crippen MR) is 81.8 cm³/mol. The van der Waals surface area contributed by atoms with Crippen LogP contribution in [0.5, 0.6) is 0 Å². The van der Waals surface area contributed by atoms with E-state index in [1.807, 2.05) is 0 Å². The molecule has 0 atom stereocenters. The van der Waals surface area contributed by atoms with E-state index in [-0.39, 0.29) is 0 Å². The number of ether oxygens (including phenoxy) is 1. The van der Waals surface area contributed by atoms with Gasteiger partial charge in [0.1, 0.15) is 5.82 Å². The summed E-state index contributed by atoms with van der Waals surface area (Å²) >= 11 is 0. The van der Waals surface area contributed by atoms with Crippen molar-refractivity contribution < 1.29 is 4.74 Å². The van der Waals surface area contributed by atoms with Crippen LogP contribution in [0.1, 0.15) is 45.6 Å². The molecule has 4 nitrogen and oxygen atoms in total. The van der Waals surface area contributed by atoms with Gasteiger partial charge in [-0.05, 0) is 6.42 Å². The summed E-state index contributed by atoms with van der Waals surface area (Å²) in [5, 5.41) is 0. The van der Waals surface area contributed by atoms with Crippen LogP contribution in [0.15, 0.2) is 6.20 Å². The summed E-state index contributed by atoms with van der Waals surface area (Å²) < 4.78 is 7.64. The Morgan fingerprint density at radius 3 is 2.50 bits per heavy atom. The van der Waals surface area contributed by atoms with Crippen LogP contribution < -0.4 is 0 Å². The van der Waals surface area contributed by atoms with E-state index in [0.717, 1.165) is 45.8 Å². The summed E-state index contributed by atoms with van der Waals surface area (Å²) in [6.45, 7) is 14.9. The topological polar surface area (TPSA) is 30.3 Å². The van der Waals surface area contributed by atoms with Gasteiger partial charge >= 0.3 is 0 Å². The van der Waals surface area contributed by atoms with Gasteiger partial charge in [0.05, 0.1) is 25.5 Å². The zero-order valence-electron chi connectivity index (χ0n) is 13.5. The van der Waals surface area contributed by atoms with Crippen LogP contribution in [0.3, 0.4) is 0 Å². The van der Waals surface area contributed by atoms with E-state index in [2.05, 4.69) is 48.3 Å². The second kappa shape index (κ2) is 6.72. The van der Waals surface area contributed by atoms with Gasteiger partial charge in [0, 0.05) is 31.2 Å². The van der Waals surface area contributed by atoms with Crippen molar-refractivity contribution in [1.29, 1.82) is 0 Å². The van der Waals surface area contributed by atoms with Crippen LogP contribution in [0.2, 0.25) is 0 Å². The van der Waals surface area contributed by atoms with Crippen LogP contribution in [0.4, 0.5) is 0 Å². The summed E-state index contributed by atoms with van der Waals surface area (Å²) in [6.07, 6.45) is 4.49. The summed E-state index contributed by atoms with van der Waals surface area (Å²) in [7, 11) is 0. The SMILES string of the molecule is CCC.CCc1cn2c(n1)CN(CC1(C)COC1)CC2. The van der Waals surface area contributed by atoms with Crippen molar-refractivity contribution in [1.82, 2.24) is 14.5 Å². The normalized spacial score (nSPS) is 20.6. The van der Waals surface area contributed by atoms with Crippen molar-refractivity contribution in [3.63, 3.8) is 0 Å². The molecule has 114 valence electrons. The minimum atomic E-state index is 0.377. The Hall–Kier alpha value is -0.870. The van der Waals surface area contributed by atoms with Crippen molar-refractivity contribution in [3.8, 4) is 0 Å². The Bertz CT molecular complexity index is 423. The molecular weight excluding hydrogens is 250 g/mol. The van der Waals surface area contributed by atoms with E-state index in [1.165, 1.54) is 17.9 Å². The molecule has 3 heterocycles. The molecule has 0 aromatic carbocycles. The Morgan fingerprint density at radius 2 is 1.95 bits per heavy atom. The van der Waals surface area contributed by atoms with Gasteiger partial charge in [-0.1, -0.05) is 34.1 Å². The van der Waals surface area contributed by atoms with Crippen LogP contribution in [0, 0.1) is 5.41 Å². The minimum absolute atomic E-state index is 0.377. The van der Waals surface area contributed by atoms with Gasteiger partial charge in [-0.15, -0.1) is 0 Å². The second-order valence-electron chi connectivity index (χ2n) is 6.42. The summed E-state index contributed by atoms with van der Waals surface area (Å²) in [5.41, 5.74) is 1.60. The lowest BCUT2D eigenvalue weighted by Crippen LogP contribution is -2.50. The fourth-order valence-corrected chi connectivity index (χ4v) is 2.75. The molecule has 0 saturated carbocycles. The summed E-state index contributed by atoms with van der Waals surface area (Å²) in [6, 6.07) is 0. The monoisotopic (exact) mass is 279 g/mol. The lowest BCUT2D eigenvalue weighted by Gasteiger charge is -2.42. The van der Waals surface area contributed by atoms with Gasteiger partial charge in [0.15, 0.2) is 0 Å². The number of hydrogen-bond acceptors (Lipinski definition) is 3. The maximum atomic E-state index is 5.32. The number of aryl methyl sites for hydroxylation is 1. The standard InChI is InChI=1S/C13H21N3O.C3H8/c1-3-11-6-16-5-4-15(7-12(16)14-11)8-13(2)9-17-10-13;1-3-2/h6H,3-5,7-10H2,1-2H3;3H2,1-2H3. The van der Waals surface area contributed by atoms with Crippen molar-refractivity contribution in [2.75, 3.05) is 26.3 Å². The first-order valence-corrected chi connectivity index (χ1v) is 7.95. The first-order chi connectivity index (χ1) is 9.60. The lowest BCUT2D eigenvalue weighted by molar-refractivity contribution is -0.117. The van der Waals surface area contributed by atoms with E-state index in [9.17, 15) is 0 Å². The van der Waals surface area contributed by atoms with Gasteiger partial charge in [-0.25, -0.2) is 4.98 Å². The molecule has 0 aliphatic carbocycles. The quantitative estimate of drug-likeness (QED) is 0.852. The van der Waals surface area contributed by atoms with Gasteiger partial charge in [0.25, 0.3) is 0 Å². The Morgan fingerprint density at radius 1 is 1.25 bits per heavy atom. The average Bonchev–Trinajstić information content (AvgIpc) is 2.80. The van der Waals surface area contributed by atoms with E-state index in [0.29, 0.717) is 5.41 Å². The first kappa shape index (κ1) is 15.5. The van der Waals surface area contributed by atoms with E-state index >= 15 is 0 Å². The minimum Gasteiger partial charge on any atom is -0.380 e. The lowest BCUT2D eigenvalue weighted by atomic mass is 9.88. The third kappa shape index (κ3) is 3.61. The fraction of sp³-hybridized carbons (Fsp3) is 0.812. The van der Waals surface area contributed by atoms with Gasteiger partial charge in [0.2, 0.25) is 0 Å². The highest BCUT2D eigenvalue weighted by atomic mass is 16.5. The number of fused-ring (bicyclic) bond motifs is 1. The van der Waals surface area contributed by atoms with E-state index < -0.39 is 0 Å². The molecule has 0 radical (unpaired) electrons. The second-order valence-corrected chi connectivity index (χ2v) is 6.42. The molecule has 1 fully saturated rings. The highest BCUT2D eigenvalue weighted by molar-refractivity contribution is 5.06. The number of nitrogens with zero attached hydrogens (tertiary/aromatic N) is 3. The number of imidazole rings is 1. The maximum absolute atomic E-state index is 5.32. The molecular formula is C16H29N3O. The highest BCUT2D eigenvalue weighted by Gasteiger charge is 2.36. The number of rotatable bonds is 3. The number of hydrogen-bond donors (Lipinski definition) is 0. The van der Waals surface area contributed by atoms with Crippen LogP contribution in [0.25, 0.3) is 0 Å². The molecule has 2 aliphatic rings. The predicted octanol–water partition coefficient (Wildman–Crippen LogP) is 2.71. The molecule has 0 N–H and O–H groups in total. The van der Waals surface area contributed by atoms with Gasteiger partial charge in [-0.2, -0.15) is 0 Å². The van der Waals surface area contributed by atoms with Gasteiger partial charge in [-0.3, -0.25) is 4.90 Å². The van der Waals surface area contributed by atoms with Gasteiger partial charge < -0.3 is 9.30 Å². The van der Waals surface area contributed by atoms with Crippen molar-refractivity contribution in [3.05, 3.63) is 17.7 Å². The Kier molecular flexibility index (Phi) is 5.22. The third-order valence-corrected chi connectivity index (χ3v) is 3.80. The zero-order valence-corrected chi connectivity index (χ0v) is 13.5. The summed E-state index contributed by atoms with van der Waals surface area (Å²) in [4.78, 5) is 7.20. The fourth-order valence-electron chi connectivity index (χ4n) is 2.75. The molecule has 0 unspecified atom stereocenters.